The van der Waals surface area contributed by atoms with Crippen LogP contribution in [0.2, 0.25) is 0 Å². The summed E-state index contributed by atoms with van der Waals surface area (Å²) >= 11 is 0. The lowest BCUT2D eigenvalue weighted by Gasteiger charge is -2.09. The molecule has 1 aromatic carbocycles. The van der Waals surface area contributed by atoms with E-state index in [1.807, 2.05) is 0 Å². The third-order valence-corrected chi connectivity index (χ3v) is 2.63. The number of ketones is 1. The van der Waals surface area contributed by atoms with Gasteiger partial charge in [0, 0.05) is 12.0 Å². The molecule has 0 saturated carbocycles. The van der Waals surface area contributed by atoms with Gasteiger partial charge in [-0.1, -0.05) is 0 Å². The molecule has 0 atom stereocenters. The summed E-state index contributed by atoms with van der Waals surface area (Å²) in [5, 5.41) is 0. The predicted octanol–water partition coefficient (Wildman–Crippen LogP) is 1.98. The fraction of sp³-hybridized carbons (Fsp3) is 0.357. The van der Waals surface area contributed by atoms with E-state index in [-0.39, 0.29) is 30.1 Å². The molecule has 0 N–H and O–H groups in total. The highest BCUT2D eigenvalue weighted by molar-refractivity contribution is 5.98. The summed E-state index contributed by atoms with van der Waals surface area (Å²) in [4.78, 5) is 34.1. The van der Waals surface area contributed by atoms with E-state index in [1.165, 1.54) is 39.5 Å². The van der Waals surface area contributed by atoms with E-state index in [9.17, 15) is 14.4 Å². The van der Waals surface area contributed by atoms with Crippen LogP contribution in [0.4, 0.5) is 4.79 Å². The number of Topliss-reactive ketones (excluding diaryl/α,β-unsaturated/α-hetero) is 1. The fourth-order valence-corrected chi connectivity index (χ4v) is 1.52. The molecule has 0 heterocycles. The van der Waals surface area contributed by atoms with E-state index in [2.05, 4.69) is 9.47 Å². The molecule has 1 rings (SSSR count). The maximum Gasteiger partial charge on any atom is 0.513 e. The summed E-state index contributed by atoms with van der Waals surface area (Å²) in [5.74, 6) is -0.404. The summed E-state index contributed by atoms with van der Waals surface area (Å²) in [6, 6.07) is 4.36. The Kier molecular flexibility index (Phi) is 6.19. The minimum absolute atomic E-state index is 0.00331. The Labute approximate surface area is 121 Å². The second-order valence-corrected chi connectivity index (χ2v) is 3.92. The largest absolute Gasteiger partial charge is 0.513 e. The van der Waals surface area contributed by atoms with Crippen molar-refractivity contribution in [3.8, 4) is 11.5 Å². The maximum atomic E-state index is 12.0. The van der Waals surface area contributed by atoms with Crippen molar-refractivity contribution < 1.29 is 33.3 Å². The zero-order chi connectivity index (χ0) is 15.8. The molecule has 0 amide bonds. The first kappa shape index (κ1) is 16.5. The zero-order valence-electron chi connectivity index (χ0n) is 12.0. The molecule has 0 fully saturated rings. The minimum Gasteiger partial charge on any atom is -0.493 e. The third kappa shape index (κ3) is 4.79. The highest BCUT2D eigenvalue weighted by Gasteiger charge is 2.15. The second-order valence-electron chi connectivity index (χ2n) is 3.92. The molecule has 0 unspecified atom stereocenters. The van der Waals surface area contributed by atoms with E-state index in [0.717, 1.165) is 0 Å². The average molecular weight is 296 g/mol. The molecule has 0 aliphatic rings. The van der Waals surface area contributed by atoms with Gasteiger partial charge < -0.3 is 18.9 Å². The summed E-state index contributed by atoms with van der Waals surface area (Å²) in [6.07, 6.45) is -0.946. The summed E-state index contributed by atoms with van der Waals surface area (Å²) in [6.45, 7) is 0. The number of ether oxygens (including phenoxy) is 4. The van der Waals surface area contributed by atoms with Crippen molar-refractivity contribution in [3.05, 3.63) is 23.8 Å². The SMILES string of the molecule is COC(=O)CCC(=O)c1ccc(OC)c(OC(=O)OC)c1. The van der Waals surface area contributed by atoms with E-state index >= 15 is 0 Å². The monoisotopic (exact) mass is 296 g/mol. The van der Waals surface area contributed by atoms with Crippen LogP contribution in [0.15, 0.2) is 18.2 Å². The van der Waals surface area contributed by atoms with Crippen molar-refractivity contribution in [2.24, 2.45) is 0 Å². The van der Waals surface area contributed by atoms with Gasteiger partial charge >= 0.3 is 12.1 Å². The van der Waals surface area contributed by atoms with Crippen molar-refractivity contribution in [2.45, 2.75) is 12.8 Å². The lowest BCUT2D eigenvalue weighted by Crippen LogP contribution is -2.10. The summed E-state index contributed by atoms with van der Waals surface area (Å²) in [7, 11) is 3.82. The molecule has 21 heavy (non-hydrogen) atoms. The third-order valence-electron chi connectivity index (χ3n) is 2.63. The number of hydrogen-bond acceptors (Lipinski definition) is 7. The van der Waals surface area contributed by atoms with Gasteiger partial charge in [-0.05, 0) is 18.2 Å². The smallest absolute Gasteiger partial charge is 0.493 e. The van der Waals surface area contributed by atoms with Crippen LogP contribution < -0.4 is 9.47 Å². The van der Waals surface area contributed by atoms with Crippen LogP contribution in [0.25, 0.3) is 0 Å². The Morgan fingerprint density at radius 1 is 0.952 bits per heavy atom. The predicted molar refractivity (Wildman–Crippen MR) is 71.6 cm³/mol. The Morgan fingerprint density at radius 2 is 1.67 bits per heavy atom. The van der Waals surface area contributed by atoms with Crippen molar-refractivity contribution in [2.75, 3.05) is 21.3 Å². The first-order valence-electron chi connectivity index (χ1n) is 6.05. The van der Waals surface area contributed by atoms with Crippen molar-refractivity contribution in [3.63, 3.8) is 0 Å². The van der Waals surface area contributed by atoms with E-state index < -0.39 is 12.1 Å². The van der Waals surface area contributed by atoms with Gasteiger partial charge in [-0.25, -0.2) is 4.79 Å². The minimum atomic E-state index is -0.924. The number of rotatable bonds is 6. The quantitative estimate of drug-likeness (QED) is 0.450. The van der Waals surface area contributed by atoms with Gasteiger partial charge in [0.2, 0.25) is 0 Å². The molecule has 0 aliphatic carbocycles. The highest BCUT2D eigenvalue weighted by Crippen LogP contribution is 2.29. The van der Waals surface area contributed by atoms with Gasteiger partial charge in [0.05, 0.1) is 27.8 Å². The van der Waals surface area contributed by atoms with E-state index in [1.54, 1.807) is 0 Å². The standard InChI is InChI=1S/C14H16O7/c1-18-11-6-4-9(8-12(11)21-14(17)20-3)10(15)5-7-13(16)19-2/h4,6,8H,5,7H2,1-3H3. The van der Waals surface area contributed by atoms with E-state index in [4.69, 9.17) is 9.47 Å². The molecule has 7 heteroatoms. The zero-order valence-corrected chi connectivity index (χ0v) is 12.0. The molecule has 1 aromatic rings. The summed E-state index contributed by atoms with van der Waals surface area (Å²) < 4.78 is 18.8. The number of methoxy groups -OCH3 is 3. The lowest BCUT2D eigenvalue weighted by molar-refractivity contribution is -0.140. The van der Waals surface area contributed by atoms with Crippen LogP contribution in [-0.4, -0.2) is 39.2 Å². The fourth-order valence-electron chi connectivity index (χ4n) is 1.52. The van der Waals surface area contributed by atoms with Gasteiger partial charge in [0.15, 0.2) is 17.3 Å². The number of esters is 1. The molecule has 0 aromatic heterocycles. The highest BCUT2D eigenvalue weighted by atomic mass is 16.7. The van der Waals surface area contributed by atoms with Crippen LogP contribution in [0.1, 0.15) is 23.2 Å². The maximum absolute atomic E-state index is 12.0. The van der Waals surface area contributed by atoms with Gasteiger partial charge in [0.1, 0.15) is 0 Å². The Balaban J connectivity index is 2.88. The molecule has 7 nitrogen and oxygen atoms in total. The van der Waals surface area contributed by atoms with Crippen LogP contribution in [0.5, 0.6) is 11.5 Å². The van der Waals surface area contributed by atoms with Crippen molar-refractivity contribution >= 4 is 17.9 Å². The molecule has 0 bridgehead atoms. The molecule has 0 saturated heterocycles. The Hall–Kier alpha value is -2.57. The van der Waals surface area contributed by atoms with Crippen molar-refractivity contribution in [1.29, 1.82) is 0 Å². The topological polar surface area (TPSA) is 88.1 Å². The number of carbonyl (C=O) groups excluding carboxylic acids is 3. The number of hydrogen-bond donors (Lipinski definition) is 0. The van der Waals surface area contributed by atoms with Gasteiger partial charge in [-0.15, -0.1) is 0 Å². The van der Waals surface area contributed by atoms with Crippen LogP contribution >= 0.6 is 0 Å². The van der Waals surface area contributed by atoms with Crippen molar-refractivity contribution in [1.82, 2.24) is 0 Å². The van der Waals surface area contributed by atoms with Crippen LogP contribution in [0, 0.1) is 0 Å². The molecule has 0 radical (unpaired) electrons. The normalized spacial score (nSPS) is 9.67. The van der Waals surface area contributed by atoms with E-state index in [0.29, 0.717) is 5.56 Å². The molecule has 114 valence electrons. The first-order chi connectivity index (χ1) is 10.0. The Morgan fingerprint density at radius 3 is 2.24 bits per heavy atom. The van der Waals surface area contributed by atoms with Gasteiger partial charge in [-0.2, -0.15) is 0 Å². The molecular weight excluding hydrogens is 280 g/mol. The lowest BCUT2D eigenvalue weighted by atomic mass is 10.1. The van der Waals surface area contributed by atoms with Gasteiger partial charge in [0.25, 0.3) is 0 Å². The average Bonchev–Trinajstić information content (AvgIpc) is 2.51. The molecular formula is C14H16O7. The molecule has 0 spiro atoms. The Bertz CT molecular complexity index is 536. The summed E-state index contributed by atoms with van der Waals surface area (Å²) in [5.41, 5.74) is 0.290. The molecule has 0 aliphatic heterocycles. The van der Waals surface area contributed by atoms with Gasteiger partial charge in [-0.3, -0.25) is 9.59 Å². The van der Waals surface area contributed by atoms with Crippen LogP contribution in [0.3, 0.4) is 0 Å². The second kappa shape index (κ2) is 7.88. The van der Waals surface area contributed by atoms with Crippen LogP contribution in [-0.2, 0) is 14.3 Å². The number of carbonyl (C=O) groups is 3. The number of benzene rings is 1. The first-order valence-corrected chi connectivity index (χ1v) is 6.05.